The standard InChI is InChI=1S/C25H28N2O5/c1-4-31-20-12-10-19(11-13-20)26-16-18-9-14-23(24(15-18)30-3)32-17-25(28)27-21-7-5-6-8-22(21)29-2/h5-15,26H,4,16-17H2,1-3H3,(H,27,28). The van der Waals surface area contributed by atoms with Gasteiger partial charge in [0.2, 0.25) is 0 Å². The topological polar surface area (TPSA) is 78.1 Å². The first-order valence-electron chi connectivity index (χ1n) is 10.3. The Morgan fingerprint density at radius 2 is 1.59 bits per heavy atom. The number of hydrogen-bond acceptors (Lipinski definition) is 6. The third-order valence-corrected chi connectivity index (χ3v) is 4.63. The molecule has 0 bridgehead atoms. The zero-order valence-corrected chi connectivity index (χ0v) is 18.5. The fourth-order valence-corrected chi connectivity index (χ4v) is 3.06. The molecule has 0 atom stereocenters. The van der Waals surface area contributed by atoms with E-state index < -0.39 is 0 Å². The quantitative estimate of drug-likeness (QED) is 0.452. The Kier molecular flexibility index (Phi) is 8.20. The number of hydrogen-bond donors (Lipinski definition) is 2. The van der Waals surface area contributed by atoms with E-state index in [1.807, 2.05) is 55.5 Å². The Morgan fingerprint density at radius 1 is 0.844 bits per heavy atom. The number of rotatable bonds is 11. The molecule has 3 aromatic carbocycles. The highest BCUT2D eigenvalue weighted by Crippen LogP contribution is 2.29. The van der Waals surface area contributed by atoms with Gasteiger partial charge in [-0.05, 0) is 61.0 Å². The molecule has 7 heteroatoms. The van der Waals surface area contributed by atoms with Crippen LogP contribution in [0.3, 0.4) is 0 Å². The number of anilines is 2. The number of para-hydroxylation sites is 2. The van der Waals surface area contributed by atoms with Gasteiger partial charge in [-0.1, -0.05) is 18.2 Å². The predicted molar refractivity (Wildman–Crippen MR) is 125 cm³/mol. The van der Waals surface area contributed by atoms with Crippen LogP contribution in [0.15, 0.2) is 66.7 Å². The van der Waals surface area contributed by atoms with Gasteiger partial charge in [0.25, 0.3) is 5.91 Å². The van der Waals surface area contributed by atoms with Crippen molar-refractivity contribution in [2.75, 3.05) is 38.1 Å². The Bertz CT molecular complexity index is 1020. The van der Waals surface area contributed by atoms with Gasteiger partial charge in [-0.25, -0.2) is 0 Å². The lowest BCUT2D eigenvalue weighted by Crippen LogP contribution is -2.20. The van der Waals surface area contributed by atoms with Crippen molar-refractivity contribution in [2.24, 2.45) is 0 Å². The first-order valence-corrected chi connectivity index (χ1v) is 10.3. The summed E-state index contributed by atoms with van der Waals surface area (Å²) < 4.78 is 21.8. The van der Waals surface area contributed by atoms with Crippen LogP contribution in [0.5, 0.6) is 23.0 Å². The summed E-state index contributed by atoms with van der Waals surface area (Å²) in [5.41, 5.74) is 2.59. The van der Waals surface area contributed by atoms with Gasteiger partial charge in [0.05, 0.1) is 26.5 Å². The number of nitrogens with one attached hydrogen (secondary N) is 2. The molecule has 0 radical (unpaired) electrons. The fourth-order valence-electron chi connectivity index (χ4n) is 3.06. The van der Waals surface area contributed by atoms with E-state index >= 15 is 0 Å². The molecule has 7 nitrogen and oxygen atoms in total. The SMILES string of the molecule is CCOc1ccc(NCc2ccc(OCC(=O)Nc3ccccc3OC)c(OC)c2)cc1. The monoisotopic (exact) mass is 436 g/mol. The maximum absolute atomic E-state index is 12.3. The van der Waals surface area contributed by atoms with Crippen molar-refractivity contribution >= 4 is 17.3 Å². The van der Waals surface area contributed by atoms with Gasteiger partial charge in [0, 0.05) is 12.2 Å². The zero-order valence-electron chi connectivity index (χ0n) is 18.5. The zero-order chi connectivity index (χ0) is 22.8. The predicted octanol–water partition coefficient (Wildman–Crippen LogP) is 4.73. The first kappa shape index (κ1) is 22.8. The largest absolute Gasteiger partial charge is 0.495 e. The lowest BCUT2D eigenvalue weighted by atomic mass is 10.2. The fraction of sp³-hybridized carbons (Fsp3) is 0.240. The number of benzene rings is 3. The molecule has 0 aromatic heterocycles. The summed E-state index contributed by atoms with van der Waals surface area (Å²) in [6, 6.07) is 20.6. The minimum Gasteiger partial charge on any atom is -0.495 e. The first-order chi connectivity index (χ1) is 15.6. The molecular formula is C25H28N2O5. The molecule has 0 aliphatic rings. The number of methoxy groups -OCH3 is 2. The summed E-state index contributed by atoms with van der Waals surface area (Å²) in [6.45, 7) is 3.06. The smallest absolute Gasteiger partial charge is 0.262 e. The molecular weight excluding hydrogens is 408 g/mol. The third-order valence-electron chi connectivity index (χ3n) is 4.63. The normalized spacial score (nSPS) is 10.2. The summed E-state index contributed by atoms with van der Waals surface area (Å²) in [5, 5.41) is 6.14. The highest BCUT2D eigenvalue weighted by Gasteiger charge is 2.11. The Hall–Kier alpha value is -3.87. The summed E-state index contributed by atoms with van der Waals surface area (Å²) in [7, 11) is 3.12. The van der Waals surface area contributed by atoms with Crippen molar-refractivity contribution in [3.63, 3.8) is 0 Å². The van der Waals surface area contributed by atoms with Crippen LogP contribution in [0.1, 0.15) is 12.5 Å². The summed E-state index contributed by atoms with van der Waals surface area (Å²) in [4.78, 5) is 12.3. The van der Waals surface area contributed by atoms with Crippen molar-refractivity contribution in [3.05, 3.63) is 72.3 Å². The number of ether oxygens (including phenoxy) is 4. The molecule has 0 fully saturated rings. The van der Waals surface area contributed by atoms with E-state index in [9.17, 15) is 4.79 Å². The molecule has 168 valence electrons. The van der Waals surface area contributed by atoms with Crippen molar-refractivity contribution < 1.29 is 23.7 Å². The summed E-state index contributed by atoms with van der Waals surface area (Å²) >= 11 is 0. The van der Waals surface area contributed by atoms with E-state index in [1.165, 1.54) is 0 Å². The minimum absolute atomic E-state index is 0.155. The molecule has 0 saturated heterocycles. The molecule has 0 unspecified atom stereocenters. The van der Waals surface area contributed by atoms with Crippen molar-refractivity contribution in [1.29, 1.82) is 0 Å². The maximum atomic E-state index is 12.3. The van der Waals surface area contributed by atoms with Crippen LogP contribution >= 0.6 is 0 Å². The van der Waals surface area contributed by atoms with Crippen LogP contribution in [0.4, 0.5) is 11.4 Å². The highest BCUT2D eigenvalue weighted by atomic mass is 16.5. The van der Waals surface area contributed by atoms with Crippen molar-refractivity contribution in [3.8, 4) is 23.0 Å². The molecule has 1 amide bonds. The lowest BCUT2D eigenvalue weighted by Gasteiger charge is -2.14. The van der Waals surface area contributed by atoms with Gasteiger partial charge in [0.1, 0.15) is 11.5 Å². The van der Waals surface area contributed by atoms with E-state index in [0.29, 0.717) is 36.1 Å². The molecule has 0 spiro atoms. The highest BCUT2D eigenvalue weighted by molar-refractivity contribution is 5.93. The van der Waals surface area contributed by atoms with E-state index in [-0.39, 0.29) is 12.5 Å². The van der Waals surface area contributed by atoms with E-state index in [4.69, 9.17) is 18.9 Å². The van der Waals surface area contributed by atoms with E-state index in [0.717, 1.165) is 17.0 Å². The maximum Gasteiger partial charge on any atom is 0.262 e. The van der Waals surface area contributed by atoms with Gasteiger partial charge in [-0.3, -0.25) is 4.79 Å². The molecule has 0 saturated carbocycles. The molecule has 3 aromatic rings. The second kappa shape index (κ2) is 11.5. The Morgan fingerprint density at radius 3 is 2.31 bits per heavy atom. The second-order valence-electron chi connectivity index (χ2n) is 6.83. The van der Waals surface area contributed by atoms with Gasteiger partial charge in [0.15, 0.2) is 18.1 Å². The van der Waals surface area contributed by atoms with E-state index in [1.54, 1.807) is 32.4 Å². The summed E-state index contributed by atoms with van der Waals surface area (Å²) in [6.07, 6.45) is 0. The van der Waals surface area contributed by atoms with Crippen molar-refractivity contribution in [2.45, 2.75) is 13.5 Å². The number of carbonyl (C=O) groups is 1. The second-order valence-corrected chi connectivity index (χ2v) is 6.83. The third kappa shape index (κ3) is 6.31. The Balaban J connectivity index is 1.55. The van der Waals surface area contributed by atoms with Crippen LogP contribution in [-0.2, 0) is 11.3 Å². The summed E-state index contributed by atoms with van der Waals surface area (Å²) in [5.74, 6) is 2.19. The van der Waals surface area contributed by atoms with Crippen LogP contribution < -0.4 is 29.6 Å². The minimum atomic E-state index is -0.294. The molecule has 3 rings (SSSR count). The van der Waals surface area contributed by atoms with Crippen LogP contribution in [0.25, 0.3) is 0 Å². The van der Waals surface area contributed by atoms with Crippen LogP contribution in [0, 0.1) is 0 Å². The van der Waals surface area contributed by atoms with Crippen LogP contribution in [0.2, 0.25) is 0 Å². The molecule has 0 aliphatic heterocycles. The van der Waals surface area contributed by atoms with Crippen molar-refractivity contribution in [1.82, 2.24) is 0 Å². The number of carbonyl (C=O) groups excluding carboxylic acids is 1. The molecule has 0 heterocycles. The Labute approximate surface area is 188 Å². The molecule has 32 heavy (non-hydrogen) atoms. The van der Waals surface area contributed by atoms with E-state index in [2.05, 4.69) is 10.6 Å². The van der Waals surface area contributed by atoms with Gasteiger partial charge in [-0.2, -0.15) is 0 Å². The average molecular weight is 437 g/mol. The number of amides is 1. The van der Waals surface area contributed by atoms with Crippen LogP contribution in [-0.4, -0.2) is 33.3 Å². The van der Waals surface area contributed by atoms with Gasteiger partial charge in [-0.15, -0.1) is 0 Å². The molecule has 0 aliphatic carbocycles. The molecule has 2 N–H and O–H groups in total. The van der Waals surface area contributed by atoms with Gasteiger partial charge >= 0.3 is 0 Å². The average Bonchev–Trinajstić information content (AvgIpc) is 2.83. The lowest BCUT2D eigenvalue weighted by molar-refractivity contribution is -0.118. The van der Waals surface area contributed by atoms with Gasteiger partial charge < -0.3 is 29.6 Å².